The van der Waals surface area contributed by atoms with Gasteiger partial charge >= 0.3 is 12.3 Å². The third-order valence-corrected chi connectivity index (χ3v) is 7.56. The minimum atomic E-state index is -4.59. The molecule has 4 rings (SSSR count). The summed E-state index contributed by atoms with van der Waals surface area (Å²) in [6.45, 7) is 9.85. The van der Waals surface area contributed by atoms with Crippen LogP contribution < -0.4 is 15.8 Å². The lowest BCUT2D eigenvalue weighted by Crippen LogP contribution is -2.43. The average Bonchev–Trinajstić information content (AvgIpc) is 3.18. The molecule has 43 heavy (non-hydrogen) atoms. The Morgan fingerprint density at radius 3 is 2.49 bits per heavy atom. The van der Waals surface area contributed by atoms with E-state index >= 15 is 0 Å². The number of ether oxygens (including phenoxy) is 1. The van der Waals surface area contributed by atoms with Crippen LogP contribution in [0.2, 0.25) is 5.02 Å². The average molecular weight is 691 g/mol. The summed E-state index contributed by atoms with van der Waals surface area (Å²) in [6.07, 6.45) is -4.14. The molecule has 234 valence electrons. The van der Waals surface area contributed by atoms with Crippen LogP contribution in [0.5, 0.6) is 0 Å². The summed E-state index contributed by atoms with van der Waals surface area (Å²) < 4.78 is 47.5. The standard InChI is InChI=1S/C27H32BrClF3N7O4/c1-6-19-21(36-10-9-15(2)37(12-11-36)25(42)43-26(3,4)5)22(41)39-24(34-23(28)35-39)38(19)14-20(40)33-18-8-7-16(13-17(18)29)27(30,31)32/h7-8,13,15H,6,9-12,14H2,1-5H3,(H,33,40)/t15-/m1/s1. The molecule has 2 amide bonds. The predicted octanol–water partition coefficient (Wildman–Crippen LogP) is 5.36. The molecule has 0 radical (unpaired) electrons. The van der Waals surface area contributed by atoms with Gasteiger partial charge in [0.05, 0.1) is 22.0 Å². The highest BCUT2D eigenvalue weighted by atomic mass is 79.9. The maximum absolute atomic E-state index is 13.8. The van der Waals surface area contributed by atoms with E-state index in [1.807, 2.05) is 18.7 Å². The van der Waals surface area contributed by atoms with E-state index in [-0.39, 0.29) is 33.8 Å². The van der Waals surface area contributed by atoms with Gasteiger partial charge in [-0.1, -0.05) is 18.5 Å². The van der Waals surface area contributed by atoms with Crippen molar-refractivity contribution in [1.82, 2.24) is 24.1 Å². The first-order chi connectivity index (χ1) is 20.0. The Morgan fingerprint density at radius 2 is 1.88 bits per heavy atom. The first kappa shape index (κ1) is 32.6. The highest BCUT2D eigenvalue weighted by Crippen LogP contribution is 2.34. The SMILES string of the molecule is CCc1c(N2CC[C@@H](C)N(C(=O)OC(C)(C)C)CC2)c(=O)n2nc(Br)nc2n1CC(=O)Nc1ccc(C(F)(F)F)cc1Cl. The van der Waals surface area contributed by atoms with Crippen molar-refractivity contribution in [2.75, 3.05) is 29.9 Å². The fourth-order valence-corrected chi connectivity index (χ4v) is 5.45. The third kappa shape index (κ3) is 7.25. The Labute approximate surface area is 259 Å². The highest BCUT2D eigenvalue weighted by molar-refractivity contribution is 9.10. The van der Waals surface area contributed by atoms with Crippen LogP contribution in [-0.2, 0) is 28.7 Å². The van der Waals surface area contributed by atoms with Gasteiger partial charge in [-0.3, -0.25) is 9.59 Å². The molecule has 16 heteroatoms. The zero-order chi connectivity index (χ0) is 31.9. The molecule has 0 saturated carbocycles. The first-order valence-corrected chi connectivity index (χ1v) is 14.8. The molecule has 1 fully saturated rings. The lowest BCUT2D eigenvalue weighted by Gasteiger charge is -2.30. The van der Waals surface area contributed by atoms with Crippen LogP contribution in [0.15, 0.2) is 27.7 Å². The van der Waals surface area contributed by atoms with Gasteiger partial charge in [0.1, 0.15) is 17.8 Å². The molecule has 11 nitrogen and oxygen atoms in total. The molecule has 0 aliphatic carbocycles. The zero-order valence-corrected chi connectivity index (χ0v) is 26.6. The summed E-state index contributed by atoms with van der Waals surface area (Å²) in [5, 5.41) is 6.46. The molecule has 1 aliphatic heterocycles. The molecule has 1 aromatic carbocycles. The molecular weight excluding hydrogens is 659 g/mol. The van der Waals surface area contributed by atoms with E-state index < -0.39 is 34.9 Å². The van der Waals surface area contributed by atoms with E-state index in [1.165, 1.54) is 0 Å². The van der Waals surface area contributed by atoms with E-state index in [4.69, 9.17) is 16.3 Å². The molecule has 1 saturated heterocycles. The van der Waals surface area contributed by atoms with Crippen LogP contribution in [-0.4, -0.2) is 67.3 Å². The molecule has 3 aromatic rings. The van der Waals surface area contributed by atoms with Gasteiger partial charge in [-0.15, -0.1) is 5.10 Å². The molecular formula is C27H32BrClF3N7O4. The van der Waals surface area contributed by atoms with E-state index in [2.05, 4.69) is 31.3 Å². The number of halogens is 5. The first-order valence-electron chi connectivity index (χ1n) is 13.6. The Bertz CT molecular complexity index is 1600. The van der Waals surface area contributed by atoms with Crippen molar-refractivity contribution in [3.63, 3.8) is 0 Å². The summed E-state index contributed by atoms with van der Waals surface area (Å²) in [5.74, 6) is -0.503. The van der Waals surface area contributed by atoms with Crippen molar-refractivity contribution < 1.29 is 27.5 Å². The number of alkyl halides is 3. The van der Waals surface area contributed by atoms with Crippen molar-refractivity contribution in [3.05, 3.63) is 49.6 Å². The normalized spacial score (nSPS) is 16.4. The quantitative estimate of drug-likeness (QED) is 0.384. The number of benzene rings is 1. The molecule has 0 bridgehead atoms. The molecule has 1 aliphatic rings. The smallest absolute Gasteiger partial charge is 0.416 e. The van der Waals surface area contributed by atoms with Crippen LogP contribution in [0.25, 0.3) is 5.78 Å². The topological polar surface area (TPSA) is 114 Å². The number of carbonyl (C=O) groups excluding carboxylic acids is 2. The lowest BCUT2D eigenvalue weighted by atomic mass is 10.2. The second kappa shape index (κ2) is 12.3. The van der Waals surface area contributed by atoms with Crippen LogP contribution in [0.4, 0.5) is 29.3 Å². The molecule has 2 aromatic heterocycles. The van der Waals surface area contributed by atoms with Crippen molar-refractivity contribution in [3.8, 4) is 0 Å². The summed E-state index contributed by atoms with van der Waals surface area (Å²) in [5.41, 5.74) is -1.23. The van der Waals surface area contributed by atoms with Gasteiger partial charge in [-0.25, -0.2) is 4.79 Å². The van der Waals surface area contributed by atoms with Crippen molar-refractivity contribution >= 4 is 56.7 Å². The molecule has 0 unspecified atom stereocenters. The van der Waals surface area contributed by atoms with Crippen molar-refractivity contribution in [1.29, 1.82) is 0 Å². The molecule has 1 N–H and O–H groups in total. The summed E-state index contributed by atoms with van der Waals surface area (Å²) in [4.78, 5) is 47.7. The third-order valence-electron chi connectivity index (χ3n) is 6.91. The van der Waals surface area contributed by atoms with Crippen LogP contribution in [0.3, 0.4) is 0 Å². The maximum atomic E-state index is 13.8. The molecule has 1 atom stereocenters. The van der Waals surface area contributed by atoms with Crippen molar-refractivity contribution in [2.45, 2.75) is 71.8 Å². The van der Waals surface area contributed by atoms with Gasteiger partial charge in [-0.2, -0.15) is 22.7 Å². The molecule has 0 spiro atoms. The number of hydrogen-bond acceptors (Lipinski definition) is 7. The minimum Gasteiger partial charge on any atom is -0.444 e. The van der Waals surface area contributed by atoms with Crippen molar-refractivity contribution in [2.24, 2.45) is 0 Å². The van der Waals surface area contributed by atoms with Crippen LogP contribution >= 0.6 is 27.5 Å². The second-order valence-electron chi connectivity index (χ2n) is 11.2. The fourth-order valence-electron chi connectivity index (χ4n) is 4.91. The Morgan fingerprint density at radius 1 is 1.19 bits per heavy atom. The number of carbonyl (C=O) groups is 2. The number of rotatable bonds is 5. The van der Waals surface area contributed by atoms with Gasteiger partial charge in [-0.05, 0) is 74.7 Å². The largest absolute Gasteiger partial charge is 0.444 e. The lowest BCUT2D eigenvalue weighted by molar-refractivity contribution is -0.137. The van der Waals surface area contributed by atoms with E-state index in [1.54, 1.807) is 30.2 Å². The Balaban J connectivity index is 1.68. The molecule has 3 heterocycles. The Hall–Kier alpha value is -3.33. The number of amides is 2. The number of nitrogens with zero attached hydrogens (tertiary/aromatic N) is 6. The Kier molecular flexibility index (Phi) is 9.35. The van der Waals surface area contributed by atoms with Crippen LogP contribution in [0.1, 0.15) is 52.3 Å². The number of anilines is 2. The zero-order valence-electron chi connectivity index (χ0n) is 24.3. The summed E-state index contributed by atoms with van der Waals surface area (Å²) in [6, 6.07) is 2.49. The minimum absolute atomic E-state index is 0.00129. The maximum Gasteiger partial charge on any atom is 0.416 e. The number of nitrogens with one attached hydrogen (secondary N) is 1. The number of fused-ring (bicyclic) bond motifs is 1. The van der Waals surface area contributed by atoms with Gasteiger partial charge in [0, 0.05) is 25.7 Å². The summed E-state index contributed by atoms with van der Waals surface area (Å²) in [7, 11) is 0. The predicted molar refractivity (Wildman–Crippen MR) is 159 cm³/mol. The van der Waals surface area contributed by atoms with E-state index in [9.17, 15) is 27.6 Å². The fraction of sp³-hybridized carbons (Fsp3) is 0.519. The van der Waals surface area contributed by atoms with E-state index in [0.717, 1.165) is 22.7 Å². The highest BCUT2D eigenvalue weighted by Gasteiger charge is 2.33. The summed E-state index contributed by atoms with van der Waals surface area (Å²) >= 11 is 9.25. The number of hydrogen-bond donors (Lipinski definition) is 1. The van der Waals surface area contributed by atoms with E-state index in [0.29, 0.717) is 43.9 Å². The van der Waals surface area contributed by atoms with Gasteiger partial charge < -0.3 is 24.4 Å². The van der Waals surface area contributed by atoms with Gasteiger partial charge in [0.15, 0.2) is 0 Å². The number of aromatic nitrogens is 4. The second-order valence-corrected chi connectivity index (χ2v) is 12.3. The van der Waals surface area contributed by atoms with Gasteiger partial charge in [0.25, 0.3) is 5.56 Å². The van der Waals surface area contributed by atoms with Crippen LogP contribution in [0, 0.1) is 0 Å². The van der Waals surface area contributed by atoms with Gasteiger partial charge in [0.2, 0.25) is 16.4 Å². The monoisotopic (exact) mass is 689 g/mol.